The predicted octanol–water partition coefficient (Wildman–Crippen LogP) is 3.69. The minimum absolute atomic E-state index is 0.338. The highest BCUT2D eigenvalue weighted by molar-refractivity contribution is 7.91. The molecule has 0 N–H and O–H groups in total. The maximum atomic E-state index is 13.5. The lowest BCUT2D eigenvalue weighted by Gasteiger charge is -2.08. The standard InChI is InChI=1S/C14H10F4O2S/c1-7-11(15)3-9(4-12(7)16)21(19,20)10-5-13(17)8(2)14(18)6-10/h3-6H,1-2H3. The molecule has 0 aromatic heterocycles. The Morgan fingerprint density at radius 3 is 1.14 bits per heavy atom. The van der Waals surface area contributed by atoms with Crippen molar-refractivity contribution in [1.29, 1.82) is 0 Å². The van der Waals surface area contributed by atoms with Gasteiger partial charge in [-0.15, -0.1) is 0 Å². The third-order valence-electron chi connectivity index (χ3n) is 3.13. The van der Waals surface area contributed by atoms with E-state index in [1.54, 1.807) is 0 Å². The van der Waals surface area contributed by atoms with Crippen LogP contribution in [0.25, 0.3) is 0 Å². The molecule has 2 rings (SSSR count). The fourth-order valence-electron chi connectivity index (χ4n) is 1.69. The molecule has 2 nitrogen and oxygen atoms in total. The Morgan fingerprint density at radius 1 is 0.667 bits per heavy atom. The Bertz CT molecular complexity index is 719. The van der Waals surface area contributed by atoms with Crippen LogP contribution in [0.5, 0.6) is 0 Å². The fourth-order valence-corrected chi connectivity index (χ4v) is 3.00. The fraction of sp³-hybridized carbons (Fsp3) is 0.143. The molecule has 0 radical (unpaired) electrons. The van der Waals surface area contributed by atoms with E-state index < -0.39 is 42.9 Å². The van der Waals surface area contributed by atoms with E-state index in [-0.39, 0.29) is 11.1 Å². The minimum atomic E-state index is -4.42. The van der Waals surface area contributed by atoms with E-state index >= 15 is 0 Å². The van der Waals surface area contributed by atoms with Gasteiger partial charge in [0.05, 0.1) is 9.79 Å². The number of hydrogen-bond donors (Lipinski definition) is 0. The number of sulfone groups is 1. The number of benzene rings is 2. The first-order valence-corrected chi connectivity index (χ1v) is 7.29. The van der Waals surface area contributed by atoms with Gasteiger partial charge in [-0.1, -0.05) is 0 Å². The molecule has 21 heavy (non-hydrogen) atoms. The van der Waals surface area contributed by atoms with E-state index in [1.807, 2.05) is 0 Å². The van der Waals surface area contributed by atoms with E-state index in [0.717, 1.165) is 13.8 Å². The largest absolute Gasteiger partial charge is 0.219 e. The lowest BCUT2D eigenvalue weighted by molar-refractivity contribution is 0.549. The average molecular weight is 318 g/mol. The van der Waals surface area contributed by atoms with Crippen molar-refractivity contribution in [2.45, 2.75) is 23.6 Å². The van der Waals surface area contributed by atoms with Crippen LogP contribution < -0.4 is 0 Å². The lowest BCUT2D eigenvalue weighted by Crippen LogP contribution is -2.06. The molecule has 0 aliphatic heterocycles. The van der Waals surface area contributed by atoms with Gasteiger partial charge in [0.15, 0.2) is 0 Å². The maximum Gasteiger partial charge on any atom is 0.207 e. The van der Waals surface area contributed by atoms with Crippen LogP contribution in [-0.4, -0.2) is 8.42 Å². The summed E-state index contributed by atoms with van der Waals surface area (Å²) in [7, 11) is -4.42. The molecule has 112 valence electrons. The van der Waals surface area contributed by atoms with Gasteiger partial charge in [0.25, 0.3) is 0 Å². The molecule has 2 aromatic rings. The molecule has 0 fully saturated rings. The van der Waals surface area contributed by atoms with Crippen molar-refractivity contribution in [2.75, 3.05) is 0 Å². The van der Waals surface area contributed by atoms with Crippen LogP contribution in [-0.2, 0) is 9.84 Å². The molecular weight excluding hydrogens is 308 g/mol. The maximum absolute atomic E-state index is 13.5. The number of hydrogen-bond acceptors (Lipinski definition) is 2. The van der Waals surface area contributed by atoms with Crippen molar-refractivity contribution >= 4 is 9.84 Å². The molecule has 0 saturated carbocycles. The van der Waals surface area contributed by atoms with Gasteiger partial charge < -0.3 is 0 Å². The molecule has 0 unspecified atom stereocenters. The summed E-state index contributed by atoms with van der Waals surface area (Å²) >= 11 is 0. The Labute approximate surface area is 119 Å². The van der Waals surface area contributed by atoms with Crippen molar-refractivity contribution < 1.29 is 26.0 Å². The molecule has 2 aromatic carbocycles. The first-order chi connectivity index (χ1) is 9.64. The monoisotopic (exact) mass is 318 g/mol. The summed E-state index contributed by atoms with van der Waals surface area (Å²) < 4.78 is 78.2. The van der Waals surface area contributed by atoms with Gasteiger partial charge in [-0.3, -0.25) is 0 Å². The van der Waals surface area contributed by atoms with E-state index in [2.05, 4.69) is 0 Å². The number of rotatable bonds is 2. The second-order valence-electron chi connectivity index (χ2n) is 4.53. The zero-order valence-electron chi connectivity index (χ0n) is 11.0. The zero-order chi connectivity index (χ0) is 15.9. The molecule has 0 atom stereocenters. The van der Waals surface area contributed by atoms with Crippen molar-refractivity contribution in [3.63, 3.8) is 0 Å². The van der Waals surface area contributed by atoms with E-state index in [1.165, 1.54) is 0 Å². The summed E-state index contributed by atoms with van der Waals surface area (Å²) in [5.74, 6) is -4.22. The summed E-state index contributed by atoms with van der Waals surface area (Å²) in [5.41, 5.74) is -0.676. The van der Waals surface area contributed by atoms with Gasteiger partial charge in [-0.25, -0.2) is 26.0 Å². The summed E-state index contributed by atoms with van der Waals surface area (Å²) in [5, 5.41) is 0. The Kier molecular flexibility index (Phi) is 3.79. The van der Waals surface area contributed by atoms with Crippen LogP contribution in [0.2, 0.25) is 0 Å². The van der Waals surface area contributed by atoms with Crippen LogP contribution in [0.1, 0.15) is 11.1 Å². The van der Waals surface area contributed by atoms with Crippen molar-refractivity contribution in [3.8, 4) is 0 Å². The average Bonchev–Trinajstić information content (AvgIpc) is 2.40. The Morgan fingerprint density at radius 2 is 0.905 bits per heavy atom. The number of halogens is 4. The van der Waals surface area contributed by atoms with Crippen molar-refractivity contribution in [2.24, 2.45) is 0 Å². The Balaban J connectivity index is 2.68. The van der Waals surface area contributed by atoms with Gasteiger partial charge in [-0.05, 0) is 38.1 Å². The molecule has 0 spiro atoms. The highest BCUT2D eigenvalue weighted by Crippen LogP contribution is 2.26. The van der Waals surface area contributed by atoms with Gasteiger partial charge in [0.2, 0.25) is 9.84 Å². The molecule has 0 aliphatic rings. The Hall–Kier alpha value is -1.89. The second kappa shape index (κ2) is 5.14. The summed E-state index contributed by atoms with van der Waals surface area (Å²) in [6, 6.07) is 2.46. The van der Waals surface area contributed by atoms with Gasteiger partial charge >= 0.3 is 0 Å². The highest BCUT2D eigenvalue weighted by atomic mass is 32.2. The molecule has 0 heterocycles. The first kappa shape index (κ1) is 15.5. The smallest absolute Gasteiger partial charge is 0.207 e. The quantitative estimate of drug-likeness (QED) is 0.791. The van der Waals surface area contributed by atoms with E-state index in [9.17, 15) is 26.0 Å². The lowest BCUT2D eigenvalue weighted by atomic mass is 10.2. The third kappa shape index (κ3) is 2.65. The predicted molar refractivity (Wildman–Crippen MR) is 67.6 cm³/mol. The van der Waals surface area contributed by atoms with E-state index in [0.29, 0.717) is 24.3 Å². The zero-order valence-corrected chi connectivity index (χ0v) is 11.9. The summed E-state index contributed by atoms with van der Waals surface area (Å²) in [6.45, 7) is 2.29. The van der Waals surface area contributed by atoms with Crippen LogP contribution in [0.3, 0.4) is 0 Å². The van der Waals surface area contributed by atoms with Crippen molar-refractivity contribution in [3.05, 3.63) is 58.7 Å². The van der Waals surface area contributed by atoms with Crippen LogP contribution in [0, 0.1) is 37.1 Å². The van der Waals surface area contributed by atoms with Gasteiger partial charge in [-0.2, -0.15) is 0 Å². The SMILES string of the molecule is Cc1c(F)cc(S(=O)(=O)c2cc(F)c(C)c(F)c2)cc1F. The van der Waals surface area contributed by atoms with Gasteiger partial charge in [0.1, 0.15) is 23.3 Å². The van der Waals surface area contributed by atoms with Crippen LogP contribution >= 0.6 is 0 Å². The van der Waals surface area contributed by atoms with Crippen molar-refractivity contribution in [1.82, 2.24) is 0 Å². The second-order valence-corrected chi connectivity index (χ2v) is 6.48. The first-order valence-electron chi connectivity index (χ1n) is 5.81. The summed E-state index contributed by atoms with van der Waals surface area (Å²) in [4.78, 5) is -1.41. The topological polar surface area (TPSA) is 34.1 Å². The molecule has 0 amide bonds. The summed E-state index contributed by atoms with van der Waals surface area (Å²) in [6.07, 6.45) is 0. The van der Waals surface area contributed by atoms with E-state index in [4.69, 9.17) is 0 Å². The molecule has 0 saturated heterocycles. The molecule has 7 heteroatoms. The van der Waals surface area contributed by atoms with Crippen LogP contribution in [0.15, 0.2) is 34.1 Å². The van der Waals surface area contributed by atoms with Gasteiger partial charge in [0, 0.05) is 11.1 Å². The normalized spacial score (nSPS) is 11.7. The molecule has 0 aliphatic carbocycles. The molecular formula is C14H10F4O2S. The highest BCUT2D eigenvalue weighted by Gasteiger charge is 2.23. The van der Waals surface area contributed by atoms with Crippen LogP contribution in [0.4, 0.5) is 17.6 Å². The molecule has 0 bridgehead atoms. The minimum Gasteiger partial charge on any atom is -0.219 e. The third-order valence-corrected chi connectivity index (χ3v) is 4.84.